The van der Waals surface area contributed by atoms with Crippen molar-refractivity contribution in [3.8, 4) is 0 Å². The number of halogens is 2. The van der Waals surface area contributed by atoms with Crippen LogP contribution < -0.4 is 10.2 Å². The number of pyridine rings is 1. The molecule has 1 amide bonds. The lowest BCUT2D eigenvalue weighted by atomic mass is 10.2. The number of anilines is 2. The number of rotatable bonds is 5. The normalized spacial score (nSPS) is 13.3. The largest absolute Gasteiger partial charge is 0.356 e. The van der Waals surface area contributed by atoms with Gasteiger partial charge in [0.25, 0.3) is 5.91 Å². The van der Waals surface area contributed by atoms with Crippen LogP contribution in [-0.2, 0) is 6.54 Å². The Hall–Kier alpha value is -2.94. The fraction of sp³-hybridized carbons (Fsp3) is 0.167. The van der Waals surface area contributed by atoms with E-state index >= 15 is 0 Å². The number of fused-ring (bicyclic) bond motifs is 1. The molecule has 1 N–H and O–H groups in total. The Balaban J connectivity index is 1.46. The van der Waals surface area contributed by atoms with Gasteiger partial charge in [-0.25, -0.2) is 9.37 Å². The first-order valence-electron chi connectivity index (χ1n) is 10.1. The van der Waals surface area contributed by atoms with Gasteiger partial charge >= 0.3 is 0 Å². The summed E-state index contributed by atoms with van der Waals surface area (Å²) < 4.78 is 16.7. The molecule has 31 heavy (non-hydrogen) atoms. The summed E-state index contributed by atoms with van der Waals surface area (Å²) in [6.07, 6.45) is 2.88. The molecule has 1 aliphatic heterocycles. The molecule has 0 spiro atoms. The van der Waals surface area contributed by atoms with E-state index in [9.17, 15) is 9.18 Å². The van der Waals surface area contributed by atoms with Crippen molar-refractivity contribution in [1.82, 2.24) is 9.55 Å². The standard InChI is InChI=1S/C24H20FIN4O/c25-18-4-1-3-16(11-18)15-30-21-7-5-19(26)12-17(21)13-22(30)24(31)28-20-6-8-23(27-14-20)29-9-2-10-29/h1,3-8,11-14H,2,9-10,15H2,(H,28,31). The van der Waals surface area contributed by atoms with Gasteiger partial charge < -0.3 is 14.8 Å². The molecule has 1 fully saturated rings. The maximum Gasteiger partial charge on any atom is 0.272 e. The third kappa shape index (κ3) is 4.14. The summed E-state index contributed by atoms with van der Waals surface area (Å²) in [4.78, 5) is 19.8. The van der Waals surface area contributed by atoms with E-state index in [1.807, 2.05) is 47.0 Å². The van der Waals surface area contributed by atoms with Crippen molar-refractivity contribution in [1.29, 1.82) is 0 Å². The predicted octanol–water partition coefficient (Wildman–Crippen LogP) is 5.29. The van der Waals surface area contributed by atoms with Gasteiger partial charge in [-0.1, -0.05) is 12.1 Å². The highest BCUT2D eigenvalue weighted by Gasteiger charge is 2.18. The molecule has 0 aliphatic carbocycles. The van der Waals surface area contributed by atoms with Crippen molar-refractivity contribution >= 4 is 50.9 Å². The predicted molar refractivity (Wildman–Crippen MR) is 129 cm³/mol. The highest BCUT2D eigenvalue weighted by Crippen LogP contribution is 2.25. The van der Waals surface area contributed by atoms with Gasteiger partial charge in [-0.15, -0.1) is 0 Å². The second-order valence-electron chi connectivity index (χ2n) is 7.65. The van der Waals surface area contributed by atoms with Crippen molar-refractivity contribution in [3.63, 3.8) is 0 Å². The van der Waals surface area contributed by atoms with Crippen LogP contribution in [0.4, 0.5) is 15.9 Å². The number of nitrogens with one attached hydrogen (secondary N) is 1. The molecule has 5 rings (SSSR count). The Morgan fingerprint density at radius 3 is 2.68 bits per heavy atom. The summed E-state index contributed by atoms with van der Waals surface area (Å²) >= 11 is 2.26. The van der Waals surface area contributed by atoms with Crippen LogP contribution in [-0.4, -0.2) is 28.5 Å². The Morgan fingerprint density at radius 1 is 1.10 bits per heavy atom. The zero-order valence-corrected chi connectivity index (χ0v) is 18.8. The van der Waals surface area contributed by atoms with Crippen molar-refractivity contribution in [2.24, 2.45) is 0 Å². The van der Waals surface area contributed by atoms with Crippen LogP contribution >= 0.6 is 22.6 Å². The molecule has 0 unspecified atom stereocenters. The number of hydrogen-bond donors (Lipinski definition) is 1. The zero-order chi connectivity index (χ0) is 21.4. The van der Waals surface area contributed by atoms with Crippen molar-refractivity contribution < 1.29 is 9.18 Å². The van der Waals surface area contributed by atoms with Crippen molar-refractivity contribution in [3.05, 3.63) is 87.5 Å². The monoisotopic (exact) mass is 526 g/mol. The molecule has 5 nitrogen and oxygen atoms in total. The first-order chi connectivity index (χ1) is 15.1. The van der Waals surface area contributed by atoms with Gasteiger partial charge in [0.1, 0.15) is 17.3 Å². The van der Waals surface area contributed by atoms with Crippen LogP contribution in [0.3, 0.4) is 0 Å². The number of benzene rings is 2. The molecule has 0 saturated carbocycles. The van der Waals surface area contributed by atoms with Gasteiger partial charge in [-0.05, 0) is 83.1 Å². The van der Waals surface area contributed by atoms with Gasteiger partial charge in [0, 0.05) is 34.1 Å². The summed E-state index contributed by atoms with van der Waals surface area (Å²) in [6, 6.07) is 18.2. The summed E-state index contributed by atoms with van der Waals surface area (Å²) in [5.41, 5.74) is 2.89. The fourth-order valence-corrected chi connectivity index (χ4v) is 4.32. The first-order valence-corrected chi connectivity index (χ1v) is 11.2. The lowest BCUT2D eigenvalue weighted by Crippen LogP contribution is -2.37. The molecule has 3 heterocycles. The maximum atomic E-state index is 13.7. The Kier molecular flexibility index (Phi) is 5.35. The van der Waals surface area contributed by atoms with Crippen molar-refractivity contribution in [2.75, 3.05) is 23.3 Å². The van der Waals surface area contributed by atoms with E-state index in [0.29, 0.717) is 17.9 Å². The second-order valence-corrected chi connectivity index (χ2v) is 8.89. The maximum absolute atomic E-state index is 13.7. The summed E-state index contributed by atoms with van der Waals surface area (Å²) in [5, 5.41) is 3.93. The molecule has 1 aliphatic rings. The fourth-order valence-electron chi connectivity index (χ4n) is 3.81. The first kappa shape index (κ1) is 20.0. The number of carbonyl (C=O) groups is 1. The number of amides is 1. The molecule has 7 heteroatoms. The highest BCUT2D eigenvalue weighted by atomic mass is 127. The molecule has 1 saturated heterocycles. The van der Waals surface area contributed by atoms with E-state index in [1.54, 1.807) is 12.3 Å². The van der Waals surface area contributed by atoms with Gasteiger partial charge in [0.05, 0.1) is 11.9 Å². The molecule has 156 valence electrons. The van der Waals surface area contributed by atoms with Crippen LogP contribution in [0.25, 0.3) is 10.9 Å². The Bertz CT molecular complexity index is 1260. The second kappa shape index (κ2) is 8.30. The minimum absolute atomic E-state index is 0.221. The average Bonchev–Trinajstić information content (AvgIpc) is 3.05. The molecule has 0 radical (unpaired) electrons. The van der Waals surface area contributed by atoms with Gasteiger partial charge in [0.2, 0.25) is 0 Å². The van der Waals surface area contributed by atoms with Crippen LogP contribution in [0.2, 0.25) is 0 Å². The third-order valence-corrected chi connectivity index (χ3v) is 6.18. The SMILES string of the molecule is O=C(Nc1ccc(N2CCC2)nc1)c1cc2cc(I)ccc2n1Cc1cccc(F)c1. The molecule has 2 aromatic carbocycles. The van der Waals surface area contributed by atoms with Gasteiger partial charge in [-0.2, -0.15) is 0 Å². The Labute approximate surface area is 193 Å². The van der Waals surface area contributed by atoms with E-state index in [0.717, 1.165) is 38.9 Å². The summed E-state index contributed by atoms with van der Waals surface area (Å²) in [7, 11) is 0. The molecule has 2 aromatic heterocycles. The zero-order valence-electron chi connectivity index (χ0n) is 16.7. The van der Waals surface area contributed by atoms with E-state index < -0.39 is 0 Å². The third-order valence-electron chi connectivity index (χ3n) is 5.51. The van der Waals surface area contributed by atoms with Crippen LogP contribution in [0, 0.1) is 9.39 Å². The number of carbonyl (C=O) groups excluding carboxylic acids is 1. The summed E-state index contributed by atoms with van der Waals surface area (Å²) in [5.74, 6) is 0.419. The van der Waals surface area contributed by atoms with E-state index in [-0.39, 0.29) is 11.7 Å². The topological polar surface area (TPSA) is 50.2 Å². The summed E-state index contributed by atoms with van der Waals surface area (Å²) in [6.45, 7) is 2.45. The van der Waals surface area contributed by atoms with Crippen molar-refractivity contribution in [2.45, 2.75) is 13.0 Å². The molecule has 4 aromatic rings. The van der Waals surface area contributed by atoms with E-state index in [1.165, 1.54) is 18.6 Å². The Morgan fingerprint density at radius 2 is 1.97 bits per heavy atom. The van der Waals surface area contributed by atoms with Crippen LogP contribution in [0.15, 0.2) is 66.9 Å². The average molecular weight is 526 g/mol. The van der Waals surface area contributed by atoms with Gasteiger partial charge in [0.15, 0.2) is 0 Å². The minimum atomic E-state index is -0.289. The van der Waals surface area contributed by atoms with E-state index in [2.05, 4.69) is 37.8 Å². The van der Waals surface area contributed by atoms with Crippen LogP contribution in [0.5, 0.6) is 0 Å². The molecule has 0 atom stereocenters. The number of hydrogen-bond acceptors (Lipinski definition) is 3. The lowest BCUT2D eigenvalue weighted by Gasteiger charge is -2.31. The van der Waals surface area contributed by atoms with Crippen LogP contribution in [0.1, 0.15) is 22.5 Å². The number of nitrogens with zero attached hydrogens (tertiary/aromatic N) is 3. The smallest absolute Gasteiger partial charge is 0.272 e. The minimum Gasteiger partial charge on any atom is -0.356 e. The molecular formula is C24H20FIN4O. The number of aromatic nitrogens is 2. The highest BCUT2D eigenvalue weighted by molar-refractivity contribution is 14.1. The quantitative estimate of drug-likeness (QED) is 0.360. The molecular weight excluding hydrogens is 506 g/mol. The lowest BCUT2D eigenvalue weighted by molar-refractivity contribution is 0.101. The molecule has 0 bridgehead atoms. The van der Waals surface area contributed by atoms with E-state index in [4.69, 9.17) is 0 Å². The van der Waals surface area contributed by atoms with Gasteiger partial charge in [-0.3, -0.25) is 4.79 Å².